The number of hydrogen-bond donors (Lipinski definition) is 2. The van der Waals surface area contributed by atoms with Gasteiger partial charge in [0.05, 0.1) is 11.4 Å². The van der Waals surface area contributed by atoms with Crippen LogP contribution < -0.4 is 5.32 Å². The summed E-state index contributed by atoms with van der Waals surface area (Å²) in [5.74, 6) is 0. The van der Waals surface area contributed by atoms with E-state index in [0.717, 1.165) is 30.2 Å². The summed E-state index contributed by atoms with van der Waals surface area (Å²) < 4.78 is 1.81. The molecule has 16 heavy (non-hydrogen) atoms. The molecule has 2 N–H and O–H groups in total. The molecule has 0 saturated carbocycles. The van der Waals surface area contributed by atoms with Crippen LogP contribution in [0.4, 0.5) is 0 Å². The summed E-state index contributed by atoms with van der Waals surface area (Å²) in [5, 5.41) is 14.8. The molecular formula is C11H17N5. The lowest BCUT2D eigenvalue weighted by Crippen LogP contribution is -2.14. The highest BCUT2D eigenvalue weighted by atomic mass is 15.3. The smallest absolute Gasteiger partial charge is 0.0762 e. The summed E-state index contributed by atoms with van der Waals surface area (Å²) in [6, 6.07) is 2.02. The standard InChI is InChI=1S/C11H17N5/c1-8-11(9(2)14-13-8)7-12-6-10-4-5-16(3)15-10/h4-5,12H,6-7H2,1-3H3,(H,13,14). The molecular weight excluding hydrogens is 202 g/mol. The summed E-state index contributed by atoms with van der Waals surface area (Å²) in [7, 11) is 1.92. The van der Waals surface area contributed by atoms with Gasteiger partial charge in [0, 0.05) is 37.6 Å². The van der Waals surface area contributed by atoms with E-state index in [4.69, 9.17) is 0 Å². The van der Waals surface area contributed by atoms with Gasteiger partial charge in [0.2, 0.25) is 0 Å². The van der Waals surface area contributed by atoms with E-state index in [0.29, 0.717) is 0 Å². The van der Waals surface area contributed by atoms with Gasteiger partial charge in [-0.2, -0.15) is 10.2 Å². The minimum absolute atomic E-state index is 0.783. The number of nitrogens with one attached hydrogen (secondary N) is 2. The van der Waals surface area contributed by atoms with Crippen molar-refractivity contribution in [3.8, 4) is 0 Å². The van der Waals surface area contributed by atoms with E-state index in [1.165, 1.54) is 5.56 Å². The Morgan fingerprint density at radius 1 is 1.38 bits per heavy atom. The summed E-state index contributed by atoms with van der Waals surface area (Å²) in [6.07, 6.45) is 1.95. The van der Waals surface area contributed by atoms with Crippen molar-refractivity contribution < 1.29 is 0 Å². The SMILES string of the molecule is Cc1n[nH]c(C)c1CNCc1ccn(C)n1. The number of aromatic nitrogens is 4. The fourth-order valence-electron chi connectivity index (χ4n) is 1.71. The molecule has 86 valence electrons. The third-order valence-electron chi connectivity index (χ3n) is 2.66. The van der Waals surface area contributed by atoms with Crippen LogP contribution in [0.1, 0.15) is 22.6 Å². The van der Waals surface area contributed by atoms with Crippen LogP contribution in [0.25, 0.3) is 0 Å². The lowest BCUT2D eigenvalue weighted by molar-refractivity contribution is 0.653. The van der Waals surface area contributed by atoms with Crippen LogP contribution in [0.5, 0.6) is 0 Å². The van der Waals surface area contributed by atoms with E-state index in [1.807, 2.05) is 37.8 Å². The van der Waals surface area contributed by atoms with E-state index in [2.05, 4.69) is 20.6 Å². The highest BCUT2D eigenvalue weighted by molar-refractivity contribution is 5.22. The average molecular weight is 219 g/mol. The number of nitrogens with zero attached hydrogens (tertiary/aromatic N) is 3. The maximum absolute atomic E-state index is 4.31. The van der Waals surface area contributed by atoms with Crippen molar-refractivity contribution in [2.75, 3.05) is 0 Å². The maximum atomic E-state index is 4.31. The van der Waals surface area contributed by atoms with Crippen LogP contribution in [-0.2, 0) is 20.1 Å². The first kappa shape index (κ1) is 10.9. The van der Waals surface area contributed by atoms with Gasteiger partial charge in [0.25, 0.3) is 0 Å². The topological polar surface area (TPSA) is 58.5 Å². The highest BCUT2D eigenvalue weighted by Crippen LogP contribution is 2.08. The van der Waals surface area contributed by atoms with Crippen LogP contribution in [0.3, 0.4) is 0 Å². The van der Waals surface area contributed by atoms with E-state index in [1.54, 1.807) is 0 Å². The Kier molecular flexibility index (Phi) is 3.05. The van der Waals surface area contributed by atoms with Gasteiger partial charge in [-0.1, -0.05) is 0 Å². The average Bonchev–Trinajstić information content (AvgIpc) is 2.78. The summed E-state index contributed by atoms with van der Waals surface area (Å²) in [4.78, 5) is 0. The molecule has 0 amide bonds. The molecule has 0 saturated heterocycles. The molecule has 0 unspecified atom stereocenters. The van der Waals surface area contributed by atoms with Gasteiger partial charge in [0.1, 0.15) is 0 Å². The molecule has 0 atom stereocenters. The molecule has 0 bridgehead atoms. The van der Waals surface area contributed by atoms with E-state index in [9.17, 15) is 0 Å². The van der Waals surface area contributed by atoms with Crippen LogP contribution in [0.15, 0.2) is 12.3 Å². The van der Waals surface area contributed by atoms with Crippen LogP contribution in [-0.4, -0.2) is 20.0 Å². The van der Waals surface area contributed by atoms with Gasteiger partial charge in [-0.05, 0) is 19.9 Å². The summed E-state index contributed by atoms with van der Waals surface area (Å²) in [6.45, 7) is 5.66. The molecule has 0 fully saturated rings. The van der Waals surface area contributed by atoms with Crippen molar-refractivity contribution in [1.82, 2.24) is 25.3 Å². The van der Waals surface area contributed by atoms with Crippen molar-refractivity contribution in [1.29, 1.82) is 0 Å². The van der Waals surface area contributed by atoms with Crippen LogP contribution in [0, 0.1) is 13.8 Å². The molecule has 0 radical (unpaired) electrons. The zero-order valence-electron chi connectivity index (χ0n) is 9.91. The molecule has 2 heterocycles. The molecule has 0 aromatic carbocycles. The first-order chi connectivity index (χ1) is 7.66. The largest absolute Gasteiger partial charge is 0.307 e. The fraction of sp³-hybridized carbons (Fsp3) is 0.455. The minimum Gasteiger partial charge on any atom is -0.307 e. The molecule has 0 aliphatic heterocycles. The Balaban J connectivity index is 1.89. The molecule has 2 aromatic rings. The van der Waals surface area contributed by atoms with E-state index < -0.39 is 0 Å². The van der Waals surface area contributed by atoms with Gasteiger partial charge in [-0.25, -0.2) is 0 Å². The second kappa shape index (κ2) is 4.49. The lowest BCUT2D eigenvalue weighted by atomic mass is 10.2. The predicted octanol–water partition coefficient (Wildman–Crippen LogP) is 1.05. The number of rotatable bonds is 4. The van der Waals surface area contributed by atoms with Gasteiger partial charge in [0.15, 0.2) is 0 Å². The first-order valence-corrected chi connectivity index (χ1v) is 5.36. The Morgan fingerprint density at radius 3 is 2.75 bits per heavy atom. The number of aryl methyl sites for hydroxylation is 3. The molecule has 2 rings (SSSR count). The minimum atomic E-state index is 0.783. The quantitative estimate of drug-likeness (QED) is 0.808. The Morgan fingerprint density at radius 2 is 2.19 bits per heavy atom. The van der Waals surface area contributed by atoms with Crippen molar-refractivity contribution in [2.24, 2.45) is 7.05 Å². The third kappa shape index (κ3) is 2.30. The Hall–Kier alpha value is -1.62. The van der Waals surface area contributed by atoms with Crippen molar-refractivity contribution >= 4 is 0 Å². The monoisotopic (exact) mass is 219 g/mol. The van der Waals surface area contributed by atoms with Gasteiger partial charge < -0.3 is 5.32 Å². The van der Waals surface area contributed by atoms with Crippen LogP contribution >= 0.6 is 0 Å². The first-order valence-electron chi connectivity index (χ1n) is 5.36. The van der Waals surface area contributed by atoms with Gasteiger partial charge in [-0.3, -0.25) is 9.78 Å². The fourth-order valence-corrected chi connectivity index (χ4v) is 1.71. The molecule has 5 heteroatoms. The number of aromatic amines is 1. The molecule has 5 nitrogen and oxygen atoms in total. The number of H-pyrrole nitrogens is 1. The summed E-state index contributed by atoms with van der Waals surface area (Å²) >= 11 is 0. The maximum Gasteiger partial charge on any atom is 0.0762 e. The van der Waals surface area contributed by atoms with E-state index >= 15 is 0 Å². The molecule has 0 aliphatic carbocycles. The second-order valence-electron chi connectivity index (χ2n) is 4.00. The van der Waals surface area contributed by atoms with E-state index in [-0.39, 0.29) is 0 Å². The predicted molar refractivity (Wildman–Crippen MR) is 61.8 cm³/mol. The van der Waals surface area contributed by atoms with Gasteiger partial charge in [-0.15, -0.1) is 0 Å². The van der Waals surface area contributed by atoms with Gasteiger partial charge >= 0.3 is 0 Å². The zero-order valence-corrected chi connectivity index (χ0v) is 9.91. The lowest BCUT2D eigenvalue weighted by Gasteiger charge is -2.02. The van der Waals surface area contributed by atoms with Crippen molar-refractivity contribution in [3.05, 3.63) is 34.9 Å². The normalized spacial score (nSPS) is 10.9. The number of hydrogen-bond acceptors (Lipinski definition) is 3. The molecule has 0 spiro atoms. The van der Waals surface area contributed by atoms with Crippen LogP contribution in [0.2, 0.25) is 0 Å². The molecule has 0 aliphatic rings. The Bertz CT molecular complexity index is 449. The van der Waals surface area contributed by atoms with Crippen molar-refractivity contribution in [3.63, 3.8) is 0 Å². The zero-order chi connectivity index (χ0) is 11.5. The Labute approximate surface area is 94.9 Å². The molecule has 2 aromatic heterocycles. The highest BCUT2D eigenvalue weighted by Gasteiger charge is 2.05. The third-order valence-corrected chi connectivity index (χ3v) is 2.66. The summed E-state index contributed by atoms with van der Waals surface area (Å²) in [5.41, 5.74) is 4.49. The van der Waals surface area contributed by atoms with Crippen molar-refractivity contribution in [2.45, 2.75) is 26.9 Å². The second-order valence-corrected chi connectivity index (χ2v) is 4.00.